The Bertz CT molecular complexity index is 1400. The van der Waals surface area contributed by atoms with Gasteiger partial charge in [-0.1, -0.05) is 114 Å². The van der Waals surface area contributed by atoms with Crippen LogP contribution in [0.15, 0.2) is 91.0 Å². The van der Waals surface area contributed by atoms with E-state index >= 15 is 0 Å². The van der Waals surface area contributed by atoms with Crippen LogP contribution in [0.1, 0.15) is 56.7 Å². The van der Waals surface area contributed by atoms with E-state index in [1.54, 1.807) is 20.8 Å². The van der Waals surface area contributed by atoms with Gasteiger partial charge in [0.05, 0.1) is 11.3 Å². The van der Waals surface area contributed by atoms with Crippen LogP contribution in [0.2, 0.25) is 0 Å². The zero-order valence-corrected chi connectivity index (χ0v) is 28.1. The highest BCUT2D eigenvalue weighted by molar-refractivity contribution is 8.00. The van der Waals surface area contributed by atoms with Crippen molar-refractivity contribution < 1.29 is 23.8 Å². The Labute approximate surface area is 281 Å². The van der Waals surface area contributed by atoms with Crippen LogP contribution in [0, 0.1) is 11.8 Å². The predicted octanol–water partition coefficient (Wildman–Crippen LogP) is 6.29. The summed E-state index contributed by atoms with van der Waals surface area (Å²) in [6.45, 7) is 6.28. The zero-order chi connectivity index (χ0) is 32.6. The molecule has 0 spiro atoms. The molecule has 4 atom stereocenters. The van der Waals surface area contributed by atoms with Crippen LogP contribution >= 0.6 is 23.4 Å². The summed E-state index contributed by atoms with van der Waals surface area (Å²) in [6.07, 6.45) is 2.80. The van der Waals surface area contributed by atoms with E-state index in [0.717, 1.165) is 36.0 Å². The third-order valence-corrected chi connectivity index (χ3v) is 9.39. The molecular formula is C37H41ClN2O5S. The molecule has 2 aliphatic rings. The van der Waals surface area contributed by atoms with E-state index in [1.807, 2.05) is 54.6 Å². The molecule has 0 saturated carbocycles. The van der Waals surface area contributed by atoms with E-state index in [4.69, 9.17) is 25.8 Å². The van der Waals surface area contributed by atoms with Gasteiger partial charge in [0.2, 0.25) is 11.4 Å². The summed E-state index contributed by atoms with van der Waals surface area (Å²) in [5.41, 5.74) is -0.0183. The lowest BCUT2D eigenvalue weighted by Crippen LogP contribution is -2.74. The highest BCUT2D eigenvalue weighted by Crippen LogP contribution is 2.42. The number of thioether (sulfide) groups is 1. The van der Waals surface area contributed by atoms with E-state index in [-0.39, 0.29) is 18.8 Å². The molecule has 2 heterocycles. The van der Waals surface area contributed by atoms with Gasteiger partial charge in [0.1, 0.15) is 23.6 Å². The van der Waals surface area contributed by atoms with E-state index in [2.05, 4.69) is 53.6 Å². The third kappa shape index (κ3) is 7.96. The first-order valence-corrected chi connectivity index (χ1v) is 17.1. The van der Waals surface area contributed by atoms with Crippen LogP contribution in [-0.4, -0.2) is 64.6 Å². The van der Waals surface area contributed by atoms with Crippen molar-refractivity contribution in [3.8, 4) is 11.8 Å². The van der Waals surface area contributed by atoms with Crippen molar-refractivity contribution in [2.75, 3.05) is 19.0 Å². The van der Waals surface area contributed by atoms with Gasteiger partial charge in [-0.2, -0.15) is 0 Å². The number of hydrogen-bond acceptors (Lipinski definition) is 7. The highest BCUT2D eigenvalue weighted by atomic mass is 35.5. The molecule has 242 valence electrons. The van der Waals surface area contributed by atoms with Crippen LogP contribution < -0.4 is 5.32 Å². The Kier molecular flexibility index (Phi) is 11.5. The Balaban J connectivity index is 1.45. The second kappa shape index (κ2) is 15.5. The van der Waals surface area contributed by atoms with Crippen molar-refractivity contribution in [3.63, 3.8) is 0 Å². The molecule has 46 heavy (non-hydrogen) atoms. The van der Waals surface area contributed by atoms with Crippen LogP contribution in [0.25, 0.3) is 0 Å². The maximum Gasteiger partial charge on any atom is 0.345 e. The second-order valence-corrected chi connectivity index (χ2v) is 13.8. The standard InChI is InChI=1S/C37H41ClN2O5S/c1-36(2,3)45-35(42)32(38)40-33(41)31(34(40)46-26-16-15-25-44-30-23-13-14-24-43-30)39-37(27-17-7-4-8-18-27,28-19-9-5-10-20-28)29-21-11-6-12-22-29/h4-12,17-22,30-32,34,39H,13-14,23-26H2,1-3H3. The van der Waals surface area contributed by atoms with Crippen LogP contribution in [0.5, 0.6) is 0 Å². The molecule has 2 fully saturated rings. The minimum atomic E-state index is -1.29. The number of likely N-dealkylation sites (tertiary alicyclic amines) is 1. The minimum Gasteiger partial charge on any atom is -0.458 e. The number of carbonyl (C=O) groups excluding carboxylic acids is 2. The lowest BCUT2D eigenvalue weighted by molar-refractivity contribution is -0.167. The molecule has 5 rings (SSSR count). The summed E-state index contributed by atoms with van der Waals surface area (Å²) >= 11 is 8.13. The molecule has 3 aromatic rings. The number of halogens is 1. The first-order chi connectivity index (χ1) is 22.2. The smallest absolute Gasteiger partial charge is 0.345 e. The molecule has 9 heteroatoms. The maximum absolute atomic E-state index is 14.1. The van der Waals surface area contributed by atoms with Crippen molar-refractivity contribution in [3.05, 3.63) is 108 Å². The van der Waals surface area contributed by atoms with Crippen molar-refractivity contribution in [2.24, 2.45) is 0 Å². The highest BCUT2D eigenvalue weighted by Gasteiger charge is 2.55. The monoisotopic (exact) mass is 660 g/mol. The number of β-lactam (4-membered cyclic amide) rings is 1. The van der Waals surface area contributed by atoms with Gasteiger partial charge in [-0.15, -0.1) is 11.8 Å². The quantitative estimate of drug-likeness (QED) is 0.0647. The molecule has 7 nitrogen and oxygen atoms in total. The van der Waals surface area contributed by atoms with E-state index in [9.17, 15) is 9.59 Å². The molecule has 1 N–H and O–H groups in total. The molecule has 2 saturated heterocycles. The first-order valence-electron chi connectivity index (χ1n) is 15.6. The number of hydrogen-bond donors (Lipinski definition) is 1. The van der Waals surface area contributed by atoms with Gasteiger partial charge in [-0.05, 0) is 56.7 Å². The van der Waals surface area contributed by atoms with Crippen LogP contribution in [0.3, 0.4) is 0 Å². The van der Waals surface area contributed by atoms with Gasteiger partial charge in [0.15, 0.2) is 6.29 Å². The maximum atomic E-state index is 14.1. The van der Waals surface area contributed by atoms with E-state index in [0.29, 0.717) is 12.4 Å². The number of amides is 1. The second-order valence-electron chi connectivity index (χ2n) is 12.2. The lowest BCUT2D eigenvalue weighted by Gasteiger charge is -2.52. The topological polar surface area (TPSA) is 77.1 Å². The molecule has 2 aliphatic heterocycles. The van der Waals surface area contributed by atoms with Gasteiger partial charge in [-0.25, -0.2) is 4.79 Å². The number of esters is 1. The first kappa shape index (κ1) is 34.0. The van der Waals surface area contributed by atoms with Gasteiger partial charge in [0.25, 0.3) is 0 Å². The largest absolute Gasteiger partial charge is 0.458 e. The number of nitrogens with zero attached hydrogens (tertiary/aromatic N) is 1. The zero-order valence-electron chi connectivity index (χ0n) is 26.5. The number of rotatable bonds is 11. The summed E-state index contributed by atoms with van der Waals surface area (Å²) in [4.78, 5) is 28.5. The molecule has 0 bridgehead atoms. The minimum absolute atomic E-state index is 0.211. The number of carbonyl (C=O) groups is 2. The fourth-order valence-electron chi connectivity index (χ4n) is 5.75. The van der Waals surface area contributed by atoms with Crippen molar-refractivity contribution in [2.45, 2.75) is 74.4 Å². The van der Waals surface area contributed by atoms with Crippen LogP contribution in [-0.2, 0) is 29.3 Å². The number of ether oxygens (including phenoxy) is 3. The SMILES string of the molecule is CC(C)(C)OC(=O)C(Cl)N1C(=O)C(NC(c2ccccc2)(c2ccccc2)c2ccccc2)C1SCC#CCOC1CCCCO1. The molecule has 0 aromatic heterocycles. The summed E-state index contributed by atoms with van der Waals surface area (Å²) in [5, 5.41) is 3.27. The predicted molar refractivity (Wildman–Crippen MR) is 182 cm³/mol. The van der Waals surface area contributed by atoms with Gasteiger partial charge in [0, 0.05) is 6.61 Å². The van der Waals surface area contributed by atoms with Crippen molar-refractivity contribution in [1.82, 2.24) is 10.2 Å². The summed E-state index contributed by atoms with van der Waals surface area (Å²) in [5.74, 6) is 5.66. The third-order valence-electron chi connectivity index (χ3n) is 7.85. The van der Waals surface area contributed by atoms with Crippen molar-refractivity contribution in [1.29, 1.82) is 0 Å². The van der Waals surface area contributed by atoms with Gasteiger partial charge < -0.3 is 19.1 Å². The molecule has 0 radical (unpaired) electrons. The average Bonchev–Trinajstić information content (AvgIpc) is 3.07. The Hall–Kier alpha value is -3.32. The summed E-state index contributed by atoms with van der Waals surface area (Å²) in [7, 11) is 0. The number of alkyl halides is 1. The molecule has 3 aromatic carbocycles. The normalized spacial score (nSPS) is 20.7. The summed E-state index contributed by atoms with van der Waals surface area (Å²) in [6, 6.07) is 29.5. The molecule has 4 unspecified atom stereocenters. The van der Waals surface area contributed by atoms with Crippen LogP contribution in [0.4, 0.5) is 0 Å². The van der Waals surface area contributed by atoms with Gasteiger partial charge >= 0.3 is 5.97 Å². The number of benzene rings is 3. The average molecular weight is 661 g/mol. The lowest BCUT2D eigenvalue weighted by atomic mass is 9.76. The molecular weight excluding hydrogens is 620 g/mol. The summed E-state index contributed by atoms with van der Waals surface area (Å²) < 4.78 is 16.9. The fraction of sp³-hybridized carbons (Fsp3) is 0.405. The van der Waals surface area contributed by atoms with Crippen molar-refractivity contribution >= 4 is 35.2 Å². The van der Waals surface area contributed by atoms with E-state index in [1.165, 1.54) is 16.7 Å². The Morgan fingerprint density at radius 1 is 0.957 bits per heavy atom. The van der Waals surface area contributed by atoms with E-state index < -0.39 is 34.0 Å². The Morgan fingerprint density at radius 3 is 2.02 bits per heavy atom. The molecule has 1 amide bonds. The fourth-order valence-corrected chi connectivity index (χ4v) is 7.20. The van der Waals surface area contributed by atoms with Gasteiger partial charge in [-0.3, -0.25) is 10.1 Å². The number of nitrogens with one attached hydrogen (secondary N) is 1. The molecule has 0 aliphatic carbocycles. The Morgan fingerprint density at radius 2 is 1.52 bits per heavy atom.